The fraction of sp³-hybridized carbons (Fsp3) is 0. The number of hydrogen-bond donors (Lipinski definition) is 2. The van der Waals surface area contributed by atoms with Gasteiger partial charge in [-0.25, -0.2) is 0 Å². The molecule has 7 heteroatoms. The zero-order valence-electron chi connectivity index (χ0n) is 12.8. The van der Waals surface area contributed by atoms with Gasteiger partial charge in [-0.05, 0) is 53.9 Å². The average molecular weight is 436 g/mol. The van der Waals surface area contributed by atoms with Gasteiger partial charge in [-0.1, -0.05) is 33.6 Å². The summed E-state index contributed by atoms with van der Waals surface area (Å²) in [6, 6.07) is 15.5. The van der Waals surface area contributed by atoms with Crippen LogP contribution < -0.4 is 10.6 Å². The third-order valence-electron chi connectivity index (χ3n) is 3.32. The molecule has 2 amide bonds. The Morgan fingerprint density at radius 2 is 1.72 bits per heavy atom. The third-order valence-corrected chi connectivity index (χ3v) is 4.95. The van der Waals surface area contributed by atoms with E-state index in [1.165, 1.54) is 11.3 Å². The summed E-state index contributed by atoms with van der Waals surface area (Å²) < 4.78 is 0.917. The van der Waals surface area contributed by atoms with Crippen LogP contribution in [-0.2, 0) is 0 Å². The summed E-state index contributed by atoms with van der Waals surface area (Å²) in [6.07, 6.45) is 0. The lowest BCUT2D eigenvalue weighted by Gasteiger charge is -2.12. The monoisotopic (exact) mass is 434 g/mol. The summed E-state index contributed by atoms with van der Waals surface area (Å²) in [5, 5.41) is 7.80. The molecule has 3 rings (SSSR count). The van der Waals surface area contributed by atoms with E-state index in [-0.39, 0.29) is 11.8 Å². The fourth-order valence-corrected chi connectivity index (χ4v) is 3.20. The van der Waals surface area contributed by atoms with Gasteiger partial charge in [0.1, 0.15) is 0 Å². The molecule has 0 aliphatic rings. The Kier molecular flexibility index (Phi) is 5.53. The van der Waals surface area contributed by atoms with Crippen LogP contribution in [0.4, 0.5) is 11.4 Å². The molecule has 1 heterocycles. The second-order valence-electron chi connectivity index (χ2n) is 5.08. The van der Waals surface area contributed by atoms with Crippen molar-refractivity contribution in [2.24, 2.45) is 0 Å². The van der Waals surface area contributed by atoms with E-state index in [4.69, 9.17) is 11.6 Å². The summed E-state index contributed by atoms with van der Waals surface area (Å²) in [7, 11) is 0. The van der Waals surface area contributed by atoms with Gasteiger partial charge in [0.05, 0.1) is 16.1 Å². The number of benzene rings is 2. The normalized spacial score (nSPS) is 10.3. The molecule has 0 radical (unpaired) electrons. The SMILES string of the molecule is O=C(Nc1cc(Cl)ccc1C(=O)Nc1ccc(Br)cc1)c1cccs1. The van der Waals surface area contributed by atoms with Crippen molar-refractivity contribution in [3.05, 3.63) is 79.9 Å². The molecular weight excluding hydrogens is 424 g/mol. The zero-order chi connectivity index (χ0) is 17.8. The standard InChI is InChI=1S/C18H12BrClN2O2S/c19-11-3-6-13(7-4-11)21-17(23)14-8-5-12(20)10-15(14)22-18(24)16-2-1-9-25-16/h1-10H,(H,21,23)(H,22,24). The predicted molar refractivity (Wildman–Crippen MR) is 106 cm³/mol. The summed E-state index contributed by atoms with van der Waals surface area (Å²) >= 11 is 10.7. The van der Waals surface area contributed by atoms with Crippen molar-refractivity contribution >= 4 is 62.1 Å². The second kappa shape index (κ2) is 7.82. The lowest BCUT2D eigenvalue weighted by molar-refractivity contribution is 0.102. The molecule has 4 nitrogen and oxygen atoms in total. The zero-order valence-corrected chi connectivity index (χ0v) is 15.9. The van der Waals surface area contributed by atoms with Crippen LogP contribution in [0.15, 0.2) is 64.5 Å². The first-order chi connectivity index (χ1) is 12.0. The first kappa shape index (κ1) is 17.7. The molecule has 1 aromatic heterocycles. The second-order valence-corrected chi connectivity index (χ2v) is 7.38. The fourth-order valence-electron chi connectivity index (χ4n) is 2.14. The predicted octanol–water partition coefficient (Wildman–Crippen LogP) is 5.67. The molecule has 126 valence electrons. The molecule has 0 atom stereocenters. The molecule has 0 unspecified atom stereocenters. The van der Waals surface area contributed by atoms with E-state index in [2.05, 4.69) is 26.6 Å². The molecule has 25 heavy (non-hydrogen) atoms. The van der Waals surface area contributed by atoms with Crippen LogP contribution in [0, 0.1) is 0 Å². The third kappa shape index (κ3) is 4.48. The van der Waals surface area contributed by atoms with Crippen molar-refractivity contribution in [2.45, 2.75) is 0 Å². The van der Waals surface area contributed by atoms with Crippen molar-refractivity contribution in [1.82, 2.24) is 0 Å². The maximum absolute atomic E-state index is 12.6. The minimum Gasteiger partial charge on any atom is -0.322 e. The average Bonchev–Trinajstić information content (AvgIpc) is 3.11. The summed E-state index contributed by atoms with van der Waals surface area (Å²) in [5.41, 5.74) is 1.34. The van der Waals surface area contributed by atoms with Crippen LogP contribution >= 0.6 is 38.9 Å². The number of anilines is 2. The molecule has 0 aliphatic heterocycles. The molecule has 0 spiro atoms. The van der Waals surface area contributed by atoms with Gasteiger partial charge in [0.2, 0.25) is 0 Å². The van der Waals surface area contributed by atoms with E-state index in [1.54, 1.807) is 42.5 Å². The van der Waals surface area contributed by atoms with Gasteiger partial charge in [0.25, 0.3) is 11.8 Å². The first-order valence-corrected chi connectivity index (χ1v) is 9.29. The molecule has 2 aromatic carbocycles. The van der Waals surface area contributed by atoms with Gasteiger partial charge in [0.15, 0.2) is 0 Å². The Balaban J connectivity index is 1.84. The van der Waals surface area contributed by atoms with E-state index >= 15 is 0 Å². The number of halogens is 2. The highest BCUT2D eigenvalue weighted by molar-refractivity contribution is 9.10. The number of carbonyl (C=O) groups is 2. The molecule has 3 aromatic rings. The highest BCUT2D eigenvalue weighted by Gasteiger charge is 2.16. The Morgan fingerprint density at radius 1 is 0.960 bits per heavy atom. The van der Waals surface area contributed by atoms with Gasteiger partial charge in [-0.2, -0.15) is 0 Å². The smallest absolute Gasteiger partial charge is 0.265 e. The number of thiophene rings is 1. The van der Waals surface area contributed by atoms with Crippen molar-refractivity contribution < 1.29 is 9.59 Å². The van der Waals surface area contributed by atoms with Crippen LogP contribution in [0.2, 0.25) is 5.02 Å². The van der Waals surface area contributed by atoms with Gasteiger partial charge < -0.3 is 10.6 Å². The number of rotatable bonds is 4. The lowest BCUT2D eigenvalue weighted by Crippen LogP contribution is -2.17. The molecular formula is C18H12BrClN2O2S. The van der Waals surface area contributed by atoms with Crippen molar-refractivity contribution in [1.29, 1.82) is 0 Å². The Bertz CT molecular complexity index is 911. The Morgan fingerprint density at radius 3 is 2.40 bits per heavy atom. The van der Waals surface area contributed by atoms with Gasteiger partial charge in [-0.15, -0.1) is 11.3 Å². The minimum absolute atomic E-state index is 0.282. The highest BCUT2D eigenvalue weighted by atomic mass is 79.9. The molecule has 2 N–H and O–H groups in total. The molecule has 0 saturated heterocycles. The van der Waals surface area contributed by atoms with Crippen LogP contribution in [0.3, 0.4) is 0 Å². The van der Waals surface area contributed by atoms with Crippen LogP contribution in [-0.4, -0.2) is 11.8 Å². The van der Waals surface area contributed by atoms with Gasteiger partial charge in [0, 0.05) is 15.2 Å². The quantitative estimate of drug-likeness (QED) is 0.555. The largest absolute Gasteiger partial charge is 0.322 e. The number of hydrogen-bond acceptors (Lipinski definition) is 3. The maximum Gasteiger partial charge on any atom is 0.265 e. The van der Waals surface area contributed by atoms with Crippen LogP contribution in [0.25, 0.3) is 0 Å². The van der Waals surface area contributed by atoms with E-state index in [9.17, 15) is 9.59 Å². The maximum atomic E-state index is 12.6. The number of nitrogens with one attached hydrogen (secondary N) is 2. The van der Waals surface area contributed by atoms with Gasteiger partial charge >= 0.3 is 0 Å². The van der Waals surface area contributed by atoms with Crippen LogP contribution in [0.5, 0.6) is 0 Å². The van der Waals surface area contributed by atoms with E-state index < -0.39 is 0 Å². The van der Waals surface area contributed by atoms with E-state index in [1.807, 2.05) is 17.5 Å². The number of carbonyl (C=O) groups excluding carboxylic acids is 2. The molecule has 0 saturated carbocycles. The molecule has 0 aliphatic carbocycles. The van der Waals surface area contributed by atoms with Crippen molar-refractivity contribution in [3.63, 3.8) is 0 Å². The first-order valence-electron chi connectivity index (χ1n) is 7.24. The van der Waals surface area contributed by atoms with Crippen LogP contribution in [0.1, 0.15) is 20.0 Å². The van der Waals surface area contributed by atoms with Crippen molar-refractivity contribution in [2.75, 3.05) is 10.6 Å². The highest BCUT2D eigenvalue weighted by Crippen LogP contribution is 2.24. The van der Waals surface area contributed by atoms with E-state index in [0.717, 1.165) is 4.47 Å². The summed E-state index contributed by atoms with van der Waals surface area (Å²) in [4.78, 5) is 25.4. The molecule has 0 bridgehead atoms. The summed E-state index contributed by atoms with van der Waals surface area (Å²) in [5.74, 6) is -0.615. The minimum atomic E-state index is -0.333. The van der Waals surface area contributed by atoms with E-state index in [0.29, 0.717) is 26.8 Å². The Hall–Kier alpha value is -2.15. The lowest BCUT2D eigenvalue weighted by atomic mass is 10.1. The Labute approximate surface area is 162 Å². The molecule has 0 fully saturated rings. The summed E-state index contributed by atoms with van der Waals surface area (Å²) in [6.45, 7) is 0. The van der Waals surface area contributed by atoms with Crippen molar-refractivity contribution in [3.8, 4) is 0 Å². The van der Waals surface area contributed by atoms with Gasteiger partial charge in [-0.3, -0.25) is 9.59 Å². The topological polar surface area (TPSA) is 58.2 Å². The number of amides is 2.